The van der Waals surface area contributed by atoms with E-state index in [4.69, 9.17) is 11.6 Å². The maximum absolute atomic E-state index is 12.3. The molecule has 1 fully saturated rings. The third-order valence-corrected chi connectivity index (χ3v) is 5.30. The molecule has 1 aromatic carbocycles. The van der Waals surface area contributed by atoms with Gasteiger partial charge in [0.25, 0.3) is 5.56 Å². The highest BCUT2D eigenvalue weighted by molar-refractivity contribution is 7.13. The molecule has 128 valence electrons. The summed E-state index contributed by atoms with van der Waals surface area (Å²) in [5.74, 6) is 0.524. The van der Waals surface area contributed by atoms with E-state index in [2.05, 4.69) is 26.1 Å². The number of halogens is 1. The van der Waals surface area contributed by atoms with Crippen LogP contribution in [0.15, 0.2) is 46.6 Å². The maximum Gasteiger partial charge on any atom is 0.280 e. The number of H-pyrrole nitrogens is 1. The Bertz CT molecular complexity index is 919. The van der Waals surface area contributed by atoms with Gasteiger partial charge in [0, 0.05) is 36.9 Å². The van der Waals surface area contributed by atoms with E-state index in [0.717, 1.165) is 41.8 Å². The predicted octanol–water partition coefficient (Wildman–Crippen LogP) is 2.87. The summed E-state index contributed by atoms with van der Waals surface area (Å²) in [6.07, 6.45) is 0. The van der Waals surface area contributed by atoms with Crippen molar-refractivity contribution < 1.29 is 0 Å². The molecule has 0 unspecified atom stereocenters. The highest BCUT2D eigenvalue weighted by Crippen LogP contribution is 2.22. The number of nitrogens with zero attached hydrogens (tertiary/aromatic N) is 4. The molecule has 0 atom stereocenters. The van der Waals surface area contributed by atoms with Gasteiger partial charge in [0.15, 0.2) is 5.69 Å². The molecule has 3 aromatic rings. The fourth-order valence-electron chi connectivity index (χ4n) is 2.89. The molecular formula is C17H16ClN5OS. The molecule has 4 rings (SSSR count). The Morgan fingerprint density at radius 3 is 2.52 bits per heavy atom. The Hall–Kier alpha value is -2.38. The number of thiophene rings is 1. The van der Waals surface area contributed by atoms with Crippen molar-refractivity contribution in [1.82, 2.24) is 15.2 Å². The first-order valence-corrected chi connectivity index (χ1v) is 9.23. The smallest absolute Gasteiger partial charge is 0.280 e. The fourth-order valence-corrected chi connectivity index (χ4v) is 3.79. The normalized spacial score (nSPS) is 14.8. The number of aromatic nitrogens is 3. The zero-order valence-corrected chi connectivity index (χ0v) is 14.9. The fraction of sp³-hybridized carbons (Fsp3) is 0.235. The van der Waals surface area contributed by atoms with Gasteiger partial charge in [-0.2, -0.15) is 0 Å². The van der Waals surface area contributed by atoms with Crippen LogP contribution in [-0.2, 0) is 0 Å². The van der Waals surface area contributed by atoms with Crippen LogP contribution in [-0.4, -0.2) is 41.4 Å². The lowest BCUT2D eigenvalue weighted by atomic mass is 10.2. The Labute approximate surface area is 153 Å². The van der Waals surface area contributed by atoms with Gasteiger partial charge >= 0.3 is 0 Å². The third kappa shape index (κ3) is 3.38. The van der Waals surface area contributed by atoms with Crippen LogP contribution >= 0.6 is 22.9 Å². The van der Waals surface area contributed by atoms with Crippen molar-refractivity contribution in [1.29, 1.82) is 0 Å². The summed E-state index contributed by atoms with van der Waals surface area (Å²) in [5.41, 5.74) is 1.28. The van der Waals surface area contributed by atoms with E-state index in [1.165, 1.54) is 11.3 Å². The number of hydrogen-bond donors (Lipinski definition) is 1. The first-order chi connectivity index (χ1) is 12.2. The number of nitrogens with one attached hydrogen (secondary N) is 1. The zero-order valence-electron chi connectivity index (χ0n) is 13.4. The summed E-state index contributed by atoms with van der Waals surface area (Å²) in [6, 6.07) is 11.6. The minimum atomic E-state index is -0.204. The quantitative estimate of drug-likeness (QED) is 0.764. The van der Waals surface area contributed by atoms with Gasteiger partial charge in [0.05, 0.1) is 4.88 Å². The summed E-state index contributed by atoms with van der Waals surface area (Å²) >= 11 is 7.55. The van der Waals surface area contributed by atoms with Crippen molar-refractivity contribution in [3.05, 3.63) is 57.2 Å². The molecule has 0 bridgehead atoms. The standard InChI is InChI=1S/C17H16ClN5OS/c18-12-3-1-4-13(11-12)22-6-8-23(9-7-22)17-19-16(24)15(20-21-17)14-5-2-10-25-14/h1-5,10-11H,6-9H2,(H,19,21,24). The molecule has 1 aliphatic heterocycles. The lowest BCUT2D eigenvalue weighted by Gasteiger charge is -2.36. The van der Waals surface area contributed by atoms with Crippen LogP contribution in [0.5, 0.6) is 0 Å². The summed E-state index contributed by atoms with van der Waals surface area (Å²) in [7, 11) is 0. The summed E-state index contributed by atoms with van der Waals surface area (Å²) in [6.45, 7) is 3.18. The van der Waals surface area contributed by atoms with Crippen molar-refractivity contribution in [3.63, 3.8) is 0 Å². The Balaban J connectivity index is 1.48. The Kier molecular flexibility index (Phi) is 4.42. The monoisotopic (exact) mass is 373 g/mol. The van der Waals surface area contributed by atoms with Crippen molar-refractivity contribution in [2.24, 2.45) is 0 Å². The second-order valence-corrected chi connectivity index (χ2v) is 7.14. The second kappa shape index (κ2) is 6.85. The average Bonchev–Trinajstić information content (AvgIpc) is 3.16. The first kappa shape index (κ1) is 16.1. The van der Waals surface area contributed by atoms with Crippen molar-refractivity contribution in [2.45, 2.75) is 0 Å². The number of aromatic amines is 1. The minimum Gasteiger partial charge on any atom is -0.368 e. The van der Waals surface area contributed by atoms with Crippen molar-refractivity contribution >= 4 is 34.6 Å². The highest BCUT2D eigenvalue weighted by Gasteiger charge is 2.20. The van der Waals surface area contributed by atoms with Gasteiger partial charge in [0.1, 0.15) is 0 Å². The van der Waals surface area contributed by atoms with Gasteiger partial charge in [-0.15, -0.1) is 21.5 Å². The molecule has 8 heteroatoms. The molecule has 1 saturated heterocycles. The van der Waals surface area contributed by atoms with Crippen LogP contribution in [0.3, 0.4) is 0 Å². The van der Waals surface area contributed by atoms with Crippen LogP contribution in [0.4, 0.5) is 11.6 Å². The molecule has 0 aliphatic carbocycles. The largest absolute Gasteiger partial charge is 0.368 e. The van der Waals surface area contributed by atoms with Crippen LogP contribution in [0.1, 0.15) is 0 Å². The molecule has 25 heavy (non-hydrogen) atoms. The van der Waals surface area contributed by atoms with E-state index >= 15 is 0 Å². The molecule has 3 heterocycles. The van der Waals surface area contributed by atoms with E-state index in [-0.39, 0.29) is 5.56 Å². The molecule has 0 saturated carbocycles. The number of benzene rings is 1. The van der Waals surface area contributed by atoms with E-state index in [0.29, 0.717) is 11.6 Å². The Morgan fingerprint density at radius 1 is 1.04 bits per heavy atom. The van der Waals surface area contributed by atoms with Gasteiger partial charge in [0.2, 0.25) is 5.95 Å². The zero-order chi connectivity index (χ0) is 17.2. The molecule has 1 N–H and O–H groups in total. The van der Waals surface area contributed by atoms with Gasteiger partial charge in [-0.25, -0.2) is 0 Å². The van der Waals surface area contributed by atoms with Crippen LogP contribution in [0.25, 0.3) is 10.6 Å². The van der Waals surface area contributed by atoms with E-state index in [1.54, 1.807) is 0 Å². The lowest BCUT2D eigenvalue weighted by Crippen LogP contribution is -2.47. The molecule has 2 aromatic heterocycles. The average molecular weight is 374 g/mol. The summed E-state index contributed by atoms with van der Waals surface area (Å²) < 4.78 is 0. The Morgan fingerprint density at radius 2 is 1.84 bits per heavy atom. The highest BCUT2D eigenvalue weighted by atomic mass is 35.5. The SMILES string of the molecule is O=c1[nH]c(N2CCN(c3cccc(Cl)c3)CC2)nnc1-c1cccs1. The van der Waals surface area contributed by atoms with Gasteiger partial charge in [-0.3, -0.25) is 9.78 Å². The maximum atomic E-state index is 12.3. The minimum absolute atomic E-state index is 0.204. The molecule has 0 amide bonds. The topological polar surface area (TPSA) is 65.1 Å². The molecule has 0 spiro atoms. The van der Waals surface area contributed by atoms with Gasteiger partial charge in [-0.05, 0) is 29.6 Å². The summed E-state index contributed by atoms with van der Waals surface area (Å²) in [4.78, 5) is 20.3. The number of rotatable bonds is 3. The van der Waals surface area contributed by atoms with Gasteiger partial charge in [-0.1, -0.05) is 23.7 Å². The van der Waals surface area contributed by atoms with Crippen LogP contribution < -0.4 is 15.4 Å². The van der Waals surface area contributed by atoms with Crippen LogP contribution in [0.2, 0.25) is 5.02 Å². The van der Waals surface area contributed by atoms with Gasteiger partial charge < -0.3 is 9.80 Å². The molecule has 0 radical (unpaired) electrons. The lowest BCUT2D eigenvalue weighted by molar-refractivity contribution is 0.634. The number of anilines is 2. The predicted molar refractivity (Wildman–Crippen MR) is 102 cm³/mol. The first-order valence-electron chi connectivity index (χ1n) is 7.97. The number of piperazine rings is 1. The molecule has 6 nitrogen and oxygen atoms in total. The van der Waals surface area contributed by atoms with Crippen molar-refractivity contribution in [2.75, 3.05) is 36.0 Å². The van der Waals surface area contributed by atoms with E-state index in [1.807, 2.05) is 40.6 Å². The number of hydrogen-bond acceptors (Lipinski definition) is 6. The molecular weight excluding hydrogens is 358 g/mol. The van der Waals surface area contributed by atoms with Crippen LogP contribution in [0, 0.1) is 0 Å². The third-order valence-electron chi connectivity index (χ3n) is 4.19. The van der Waals surface area contributed by atoms with E-state index < -0.39 is 0 Å². The van der Waals surface area contributed by atoms with E-state index in [9.17, 15) is 4.79 Å². The molecule has 1 aliphatic rings. The second-order valence-electron chi connectivity index (χ2n) is 5.76. The van der Waals surface area contributed by atoms with Crippen molar-refractivity contribution in [3.8, 4) is 10.6 Å². The summed E-state index contributed by atoms with van der Waals surface area (Å²) in [5, 5.41) is 11.0.